The maximum atomic E-state index is 13.2. The van der Waals surface area contributed by atoms with E-state index in [2.05, 4.69) is 5.32 Å². The summed E-state index contributed by atoms with van der Waals surface area (Å²) in [6, 6.07) is 12.9. The lowest BCUT2D eigenvalue weighted by molar-refractivity contribution is 0.0953. The second-order valence-electron chi connectivity index (χ2n) is 6.28. The lowest BCUT2D eigenvalue weighted by atomic mass is 10.2. The van der Waals surface area contributed by atoms with E-state index >= 15 is 0 Å². The van der Waals surface area contributed by atoms with Gasteiger partial charge in [0.05, 0.1) is 4.90 Å². The van der Waals surface area contributed by atoms with Crippen LogP contribution in [0.5, 0.6) is 11.5 Å². The van der Waals surface area contributed by atoms with Crippen LogP contribution in [0.1, 0.15) is 20.5 Å². The van der Waals surface area contributed by atoms with Crippen molar-refractivity contribution in [1.29, 1.82) is 0 Å². The van der Waals surface area contributed by atoms with E-state index in [-0.39, 0.29) is 18.2 Å². The lowest BCUT2D eigenvalue weighted by Crippen LogP contribution is -2.31. The van der Waals surface area contributed by atoms with E-state index in [9.17, 15) is 17.6 Å². The molecule has 1 aliphatic heterocycles. The summed E-state index contributed by atoms with van der Waals surface area (Å²) in [7, 11) is -3.84. The van der Waals surface area contributed by atoms with Crippen molar-refractivity contribution in [1.82, 2.24) is 5.32 Å². The summed E-state index contributed by atoms with van der Waals surface area (Å²) in [6.07, 6.45) is 0. The average molecular weight is 433 g/mol. The highest BCUT2D eigenvalue weighted by atomic mass is 32.2. The van der Waals surface area contributed by atoms with E-state index in [0.29, 0.717) is 21.9 Å². The normalized spacial score (nSPS) is 13.8. The molecule has 6 nitrogen and oxygen atoms in total. The molecule has 9 heteroatoms. The molecule has 2 aromatic carbocycles. The molecule has 4 rings (SSSR count). The molecule has 3 aromatic rings. The molecular formula is C20H16FNO5S2. The first-order valence-electron chi connectivity index (χ1n) is 8.66. The van der Waals surface area contributed by atoms with Crippen molar-refractivity contribution < 1.29 is 27.1 Å². The van der Waals surface area contributed by atoms with E-state index in [4.69, 9.17) is 9.47 Å². The third-order valence-corrected chi connectivity index (χ3v) is 7.69. The number of sulfone groups is 1. The van der Waals surface area contributed by atoms with Crippen molar-refractivity contribution >= 4 is 27.1 Å². The molecule has 0 spiro atoms. The number of amides is 1. The third kappa shape index (κ3) is 3.96. The summed E-state index contributed by atoms with van der Waals surface area (Å²) in [4.78, 5) is 13.2. The fourth-order valence-electron chi connectivity index (χ4n) is 2.95. The van der Waals surface area contributed by atoms with E-state index in [0.717, 1.165) is 12.1 Å². The van der Waals surface area contributed by atoms with Gasteiger partial charge in [-0.3, -0.25) is 4.79 Å². The van der Waals surface area contributed by atoms with Crippen LogP contribution in [-0.4, -0.2) is 27.7 Å². The van der Waals surface area contributed by atoms with Crippen LogP contribution in [0.25, 0.3) is 0 Å². The highest BCUT2D eigenvalue weighted by molar-refractivity contribution is 7.91. The Balaban J connectivity index is 1.57. The van der Waals surface area contributed by atoms with Crippen LogP contribution < -0.4 is 14.8 Å². The van der Waals surface area contributed by atoms with Crippen LogP contribution in [0.4, 0.5) is 4.39 Å². The lowest BCUT2D eigenvalue weighted by Gasteiger charge is -2.17. The summed E-state index contributed by atoms with van der Waals surface area (Å²) < 4.78 is 50.0. The number of rotatable bonds is 6. The Morgan fingerprint density at radius 3 is 2.59 bits per heavy atom. The van der Waals surface area contributed by atoms with Gasteiger partial charge in [-0.1, -0.05) is 6.07 Å². The van der Waals surface area contributed by atoms with Crippen molar-refractivity contribution in [2.45, 2.75) is 10.1 Å². The van der Waals surface area contributed by atoms with Crippen LogP contribution in [-0.2, 0) is 9.84 Å². The van der Waals surface area contributed by atoms with Gasteiger partial charge < -0.3 is 14.8 Å². The maximum Gasteiger partial charge on any atom is 0.251 e. The molecule has 0 bridgehead atoms. The monoisotopic (exact) mass is 433 g/mol. The number of hydrogen-bond acceptors (Lipinski definition) is 6. The van der Waals surface area contributed by atoms with Crippen LogP contribution in [0, 0.1) is 5.82 Å². The van der Waals surface area contributed by atoms with Gasteiger partial charge in [-0.05, 0) is 53.9 Å². The molecular weight excluding hydrogens is 417 g/mol. The number of fused-ring (bicyclic) bond motifs is 1. The molecule has 0 aliphatic carbocycles. The Morgan fingerprint density at radius 1 is 1.10 bits per heavy atom. The smallest absolute Gasteiger partial charge is 0.251 e. The van der Waals surface area contributed by atoms with Crippen LogP contribution in [0.2, 0.25) is 0 Å². The number of ether oxygens (including phenoxy) is 2. The highest BCUT2D eigenvalue weighted by Crippen LogP contribution is 2.33. The third-order valence-electron chi connectivity index (χ3n) is 4.46. The molecule has 1 aromatic heterocycles. The van der Waals surface area contributed by atoms with Crippen molar-refractivity contribution in [3.05, 3.63) is 76.2 Å². The fraction of sp³-hybridized carbons (Fsp3) is 0.150. The van der Waals surface area contributed by atoms with Gasteiger partial charge in [-0.2, -0.15) is 0 Å². The van der Waals surface area contributed by atoms with E-state index in [1.165, 1.54) is 23.5 Å². The topological polar surface area (TPSA) is 81.7 Å². The summed E-state index contributed by atoms with van der Waals surface area (Å²) in [5, 5.41) is 3.46. The van der Waals surface area contributed by atoms with Gasteiger partial charge in [-0.15, -0.1) is 11.3 Å². The number of benzene rings is 2. The molecule has 1 amide bonds. The fourth-order valence-corrected chi connectivity index (χ4v) is 5.74. The van der Waals surface area contributed by atoms with E-state index in [1.54, 1.807) is 35.7 Å². The van der Waals surface area contributed by atoms with Gasteiger partial charge in [0.2, 0.25) is 6.79 Å². The Hall–Kier alpha value is -2.91. The largest absolute Gasteiger partial charge is 0.454 e. The van der Waals surface area contributed by atoms with Gasteiger partial charge >= 0.3 is 0 Å². The minimum atomic E-state index is -3.84. The van der Waals surface area contributed by atoms with Crippen LogP contribution in [0.3, 0.4) is 0 Å². The molecule has 2 heterocycles. The number of thiophene rings is 1. The summed E-state index contributed by atoms with van der Waals surface area (Å²) in [6.45, 7) is -0.0374. The number of hydrogen-bond donors (Lipinski definition) is 1. The molecule has 0 unspecified atom stereocenters. The highest BCUT2D eigenvalue weighted by Gasteiger charge is 2.30. The summed E-state index contributed by atoms with van der Waals surface area (Å²) in [5.41, 5.74) is 0.332. The number of carbonyl (C=O) groups excluding carboxylic acids is 1. The second kappa shape index (κ2) is 7.84. The van der Waals surface area contributed by atoms with Crippen molar-refractivity contribution in [2.24, 2.45) is 0 Å². The van der Waals surface area contributed by atoms with Gasteiger partial charge in [0, 0.05) is 17.0 Å². The van der Waals surface area contributed by atoms with Gasteiger partial charge in [0.1, 0.15) is 11.1 Å². The zero-order chi connectivity index (χ0) is 20.4. The second-order valence-corrected chi connectivity index (χ2v) is 9.39. The predicted octanol–water partition coefficient (Wildman–Crippen LogP) is 3.56. The van der Waals surface area contributed by atoms with Crippen molar-refractivity contribution in [2.75, 3.05) is 13.3 Å². The predicted molar refractivity (Wildman–Crippen MR) is 106 cm³/mol. The van der Waals surface area contributed by atoms with Gasteiger partial charge in [0.15, 0.2) is 21.3 Å². The summed E-state index contributed by atoms with van der Waals surface area (Å²) >= 11 is 1.28. The number of nitrogens with one attached hydrogen (secondary N) is 1. The first-order chi connectivity index (χ1) is 13.9. The van der Waals surface area contributed by atoms with E-state index in [1.807, 2.05) is 0 Å². The Bertz CT molecular complexity index is 1130. The molecule has 1 N–H and O–H groups in total. The Kier molecular flexibility index (Phi) is 5.25. The zero-order valence-electron chi connectivity index (χ0n) is 15.0. The van der Waals surface area contributed by atoms with Crippen molar-refractivity contribution in [3.8, 4) is 11.5 Å². The maximum absolute atomic E-state index is 13.2. The Labute approximate surface area is 170 Å². The number of halogens is 1. The molecule has 0 saturated heterocycles. The van der Waals surface area contributed by atoms with Crippen LogP contribution >= 0.6 is 11.3 Å². The first-order valence-corrected chi connectivity index (χ1v) is 11.1. The molecule has 150 valence electrons. The molecule has 1 atom stereocenters. The molecule has 0 radical (unpaired) electrons. The van der Waals surface area contributed by atoms with Gasteiger partial charge in [0.25, 0.3) is 5.91 Å². The van der Waals surface area contributed by atoms with Crippen molar-refractivity contribution in [3.63, 3.8) is 0 Å². The van der Waals surface area contributed by atoms with Crippen LogP contribution in [0.15, 0.2) is 64.9 Å². The molecule has 0 saturated carbocycles. The standard InChI is InChI=1S/C20H16FNO5S2/c21-14-4-6-15(7-5-14)29(24,25)19(18-2-1-9-28-18)11-22-20(23)13-3-8-16-17(10-13)27-12-26-16/h1-10,19H,11-12H2,(H,22,23)/t19-/m0/s1. The zero-order valence-corrected chi connectivity index (χ0v) is 16.6. The SMILES string of the molecule is O=C(NC[C@@H](c1cccs1)S(=O)(=O)c1ccc(F)cc1)c1ccc2c(c1)OCO2. The van der Waals surface area contributed by atoms with E-state index < -0.39 is 26.8 Å². The Morgan fingerprint density at radius 2 is 1.86 bits per heavy atom. The average Bonchev–Trinajstić information content (AvgIpc) is 3.39. The first kappa shape index (κ1) is 19.4. The quantitative estimate of drug-likeness (QED) is 0.601. The minimum absolute atomic E-state index is 0.00497. The minimum Gasteiger partial charge on any atom is -0.454 e. The van der Waals surface area contributed by atoms with Gasteiger partial charge in [-0.25, -0.2) is 12.8 Å². The summed E-state index contributed by atoms with van der Waals surface area (Å²) in [5.74, 6) is 0.0650. The molecule has 29 heavy (non-hydrogen) atoms. The molecule has 1 aliphatic rings. The number of carbonyl (C=O) groups is 1. The molecule has 0 fully saturated rings.